The zero-order valence-corrected chi connectivity index (χ0v) is 16.3. The van der Waals surface area contributed by atoms with E-state index in [-0.39, 0.29) is 5.82 Å². The predicted molar refractivity (Wildman–Crippen MR) is 111 cm³/mol. The summed E-state index contributed by atoms with van der Waals surface area (Å²) in [6, 6.07) is 20.7. The summed E-state index contributed by atoms with van der Waals surface area (Å²) in [5.41, 5.74) is 3.50. The van der Waals surface area contributed by atoms with Crippen LogP contribution in [0.2, 0.25) is 0 Å². The summed E-state index contributed by atoms with van der Waals surface area (Å²) in [5, 5.41) is 4.22. The molecule has 0 saturated heterocycles. The topological polar surface area (TPSA) is 37.8 Å². The van der Waals surface area contributed by atoms with Crippen LogP contribution in [0, 0.1) is 12.7 Å². The quantitative estimate of drug-likeness (QED) is 0.431. The first-order chi connectivity index (χ1) is 13.1. The van der Waals surface area contributed by atoms with E-state index in [9.17, 15) is 4.39 Å². The lowest BCUT2D eigenvalue weighted by Crippen LogP contribution is -2.05. The summed E-state index contributed by atoms with van der Waals surface area (Å²) in [6.45, 7) is 2.38. The van der Waals surface area contributed by atoms with E-state index in [0.717, 1.165) is 26.5 Å². The second-order valence-corrected chi connectivity index (χ2v) is 7.28. The molecule has 5 heteroatoms. The Morgan fingerprint density at radius 1 is 0.963 bits per heavy atom. The van der Waals surface area contributed by atoms with E-state index in [2.05, 4.69) is 21.2 Å². The summed E-state index contributed by atoms with van der Waals surface area (Å²) in [5.74, 6) is 1.10. The number of rotatable bonds is 4. The maximum absolute atomic E-state index is 14.0. The summed E-state index contributed by atoms with van der Waals surface area (Å²) >= 11 is 3.45. The summed E-state index contributed by atoms with van der Waals surface area (Å²) in [4.78, 5) is 9.44. The SMILES string of the molecule is Cc1ccc2nc(-c3ccc(Br)cc3)nc(NCc3ccccc3F)c2c1. The van der Waals surface area contributed by atoms with Gasteiger partial charge in [0, 0.05) is 27.5 Å². The molecule has 0 unspecified atom stereocenters. The Bertz CT molecular complexity index is 1110. The highest BCUT2D eigenvalue weighted by molar-refractivity contribution is 9.10. The molecule has 3 aromatic carbocycles. The minimum absolute atomic E-state index is 0.229. The van der Waals surface area contributed by atoms with E-state index in [0.29, 0.717) is 23.8 Å². The van der Waals surface area contributed by atoms with Crippen molar-refractivity contribution < 1.29 is 4.39 Å². The van der Waals surface area contributed by atoms with Crippen molar-refractivity contribution in [1.29, 1.82) is 0 Å². The van der Waals surface area contributed by atoms with Gasteiger partial charge in [-0.15, -0.1) is 0 Å². The molecule has 134 valence electrons. The molecular weight excluding hydrogens is 405 g/mol. The third-order valence-electron chi connectivity index (χ3n) is 4.36. The molecule has 0 bridgehead atoms. The van der Waals surface area contributed by atoms with Gasteiger partial charge in [-0.1, -0.05) is 57.9 Å². The molecule has 1 aromatic heterocycles. The van der Waals surface area contributed by atoms with Crippen molar-refractivity contribution in [2.24, 2.45) is 0 Å². The van der Waals surface area contributed by atoms with Gasteiger partial charge in [-0.3, -0.25) is 0 Å². The Morgan fingerprint density at radius 2 is 1.74 bits per heavy atom. The number of benzene rings is 3. The Balaban J connectivity index is 1.78. The van der Waals surface area contributed by atoms with Gasteiger partial charge in [-0.2, -0.15) is 0 Å². The van der Waals surface area contributed by atoms with Crippen molar-refractivity contribution in [3.05, 3.63) is 88.1 Å². The van der Waals surface area contributed by atoms with Gasteiger partial charge in [-0.05, 0) is 37.3 Å². The first-order valence-corrected chi connectivity index (χ1v) is 9.41. The largest absolute Gasteiger partial charge is 0.365 e. The molecule has 0 aliphatic carbocycles. The molecule has 27 heavy (non-hydrogen) atoms. The average Bonchev–Trinajstić information content (AvgIpc) is 2.68. The van der Waals surface area contributed by atoms with Crippen LogP contribution < -0.4 is 5.32 Å². The van der Waals surface area contributed by atoms with Gasteiger partial charge >= 0.3 is 0 Å². The van der Waals surface area contributed by atoms with Crippen molar-refractivity contribution in [2.75, 3.05) is 5.32 Å². The van der Waals surface area contributed by atoms with E-state index < -0.39 is 0 Å². The molecule has 4 rings (SSSR count). The van der Waals surface area contributed by atoms with Gasteiger partial charge in [0.25, 0.3) is 0 Å². The highest BCUT2D eigenvalue weighted by Crippen LogP contribution is 2.27. The lowest BCUT2D eigenvalue weighted by Gasteiger charge is -2.12. The number of nitrogens with zero attached hydrogens (tertiary/aromatic N) is 2. The van der Waals surface area contributed by atoms with Crippen molar-refractivity contribution in [3.63, 3.8) is 0 Å². The molecule has 3 nitrogen and oxygen atoms in total. The second-order valence-electron chi connectivity index (χ2n) is 6.37. The van der Waals surface area contributed by atoms with E-state index in [1.807, 2.05) is 55.5 Å². The number of fused-ring (bicyclic) bond motifs is 1. The lowest BCUT2D eigenvalue weighted by molar-refractivity contribution is 0.613. The van der Waals surface area contributed by atoms with Crippen LogP contribution in [0.4, 0.5) is 10.2 Å². The first-order valence-electron chi connectivity index (χ1n) is 8.62. The van der Waals surface area contributed by atoms with Crippen LogP contribution in [0.5, 0.6) is 0 Å². The fraction of sp³-hybridized carbons (Fsp3) is 0.0909. The monoisotopic (exact) mass is 421 g/mol. The minimum Gasteiger partial charge on any atom is -0.365 e. The van der Waals surface area contributed by atoms with Gasteiger partial charge < -0.3 is 5.32 Å². The fourth-order valence-corrected chi connectivity index (χ4v) is 3.19. The Morgan fingerprint density at radius 3 is 2.52 bits per heavy atom. The standard InChI is InChI=1S/C22H17BrFN3/c1-14-6-11-20-18(12-14)22(25-13-16-4-2-3-5-19(16)24)27-21(26-20)15-7-9-17(23)10-8-15/h2-12H,13H2,1H3,(H,25,26,27). The van der Waals surface area contributed by atoms with Crippen LogP contribution in [0.25, 0.3) is 22.3 Å². The van der Waals surface area contributed by atoms with Gasteiger partial charge in [0.05, 0.1) is 5.52 Å². The molecule has 4 aromatic rings. The third-order valence-corrected chi connectivity index (χ3v) is 4.89. The van der Waals surface area contributed by atoms with Crippen LogP contribution in [0.3, 0.4) is 0 Å². The third kappa shape index (κ3) is 3.83. The Hall–Kier alpha value is -2.79. The predicted octanol–water partition coefficient (Wildman–Crippen LogP) is 6.12. The number of aryl methyl sites for hydroxylation is 1. The van der Waals surface area contributed by atoms with Crippen molar-refractivity contribution in [3.8, 4) is 11.4 Å². The van der Waals surface area contributed by atoms with Crippen molar-refractivity contribution in [2.45, 2.75) is 13.5 Å². The molecule has 0 aliphatic rings. The Labute approximate surface area is 165 Å². The van der Waals surface area contributed by atoms with Crippen LogP contribution in [0.1, 0.15) is 11.1 Å². The van der Waals surface area contributed by atoms with Gasteiger partial charge in [-0.25, -0.2) is 14.4 Å². The molecule has 0 radical (unpaired) electrons. The average molecular weight is 422 g/mol. The molecular formula is C22H17BrFN3. The number of anilines is 1. The maximum Gasteiger partial charge on any atom is 0.162 e. The lowest BCUT2D eigenvalue weighted by atomic mass is 10.1. The van der Waals surface area contributed by atoms with Gasteiger partial charge in [0.15, 0.2) is 5.82 Å². The highest BCUT2D eigenvalue weighted by Gasteiger charge is 2.11. The number of nitrogens with one attached hydrogen (secondary N) is 1. The van der Waals surface area contributed by atoms with E-state index in [1.54, 1.807) is 12.1 Å². The summed E-state index contributed by atoms with van der Waals surface area (Å²) < 4.78 is 15.0. The minimum atomic E-state index is -0.229. The molecule has 1 N–H and O–H groups in total. The zero-order valence-electron chi connectivity index (χ0n) is 14.7. The first kappa shape index (κ1) is 17.6. The number of halogens is 2. The van der Waals surface area contributed by atoms with Crippen molar-refractivity contribution >= 4 is 32.7 Å². The Kier molecular flexibility index (Phi) is 4.86. The zero-order chi connectivity index (χ0) is 18.8. The fourth-order valence-electron chi connectivity index (χ4n) is 2.93. The van der Waals surface area contributed by atoms with Crippen LogP contribution in [0.15, 0.2) is 71.2 Å². The van der Waals surface area contributed by atoms with Gasteiger partial charge in [0.1, 0.15) is 11.6 Å². The second kappa shape index (κ2) is 7.45. The molecule has 0 fully saturated rings. The number of aromatic nitrogens is 2. The normalized spacial score (nSPS) is 10.9. The van der Waals surface area contributed by atoms with E-state index >= 15 is 0 Å². The number of hydrogen-bond acceptors (Lipinski definition) is 3. The smallest absolute Gasteiger partial charge is 0.162 e. The van der Waals surface area contributed by atoms with E-state index in [1.165, 1.54) is 6.07 Å². The van der Waals surface area contributed by atoms with Gasteiger partial charge in [0.2, 0.25) is 0 Å². The number of hydrogen-bond donors (Lipinski definition) is 1. The summed E-state index contributed by atoms with van der Waals surface area (Å²) in [7, 11) is 0. The summed E-state index contributed by atoms with van der Waals surface area (Å²) in [6.07, 6.45) is 0. The van der Waals surface area contributed by atoms with E-state index in [4.69, 9.17) is 9.97 Å². The molecule has 0 spiro atoms. The maximum atomic E-state index is 14.0. The van der Waals surface area contributed by atoms with Crippen LogP contribution >= 0.6 is 15.9 Å². The molecule has 0 atom stereocenters. The van der Waals surface area contributed by atoms with Crippen LogP contribution in [-0.2, 0) is 6.54 Å². The molecule has 0 amide bonds. The van der Waals surface area contributed by atoms with Crippen LogP contribution in [-0.4, -0.2) is 9.97 Å². The molecule has 0 saturated carbocycles. The highest BCUT2D eigenvalue weighted by atomic mass is 79.9. The molecule has 1 heterocycles. The van der Waals surface area contributed by atoms with Crippen molar-refractivity contribution in [1.82, 2.24) is 9.97 Å². The molecule has 0 aliphatic heterocycles.